The zero-order valence-electron chi connectivity index (χ0n) is 16.5. The third kappa shape index (κ3) is 3.63. The van der Waals surface area contributed by atoms with E-state index in [-0.39, 0.29) is 23.7 Å². The molecule has 2 heterocycles. The Morgan fingerprint density at radius 3 is 2.79 bits per heavy atom. The average Bonchev–Trinajstić information content (AvgIpc) is 3.22. The van der Waals surface area contributed by atoms with Gasteiger partial charge in [-0.2, -0.15) is 0 Å². The minimum atomic E-state index is -1.27. The lowest BCUT2D eigenvalue weighted by atomic mass is 9.96. The van der Waals surface area contributed by atoms with E-state index in [0.717, 1.165) is 27.4 Å². The first kappa shape index (κ1) is 20.3. The number of hydrogen-bond donors (Lipinski definition) is 3. The molecule has 2 amide bonds. The van der Waals surface area contributed by atoms with Crippen LogP contribution in [0.15, 0.2) is 40.1 Å². The minimum absolute atomic E-state index is 0.00881. The zero-order valence-corrected chi connectivity index (χ0v) is 18.1. The van der Waals surface area contributed by atoms with Crippen LogP contribution in [0.4, 0.5) is 0 Å². The number of carbonyl (C=O) groups is 2. The Hall–Kier alpha value is -2.41. The van der Waals surface area contributed by atoms with E-state index in [4.69, 9.17) is 0 Å². The highest BCUT2D eigenvalue weighted by molar-refractivity contribution is 9.10. The maximum Gasteiger partial charge on any atom is 0.272 e. The summed E-state index contributed by atoms with van der Waals surface area (Å²) in [5.41, 5.74) is 1.13. The van der Waals surface area contributed by atoms with E-state index in [1.807, 2.05) is 58.2 Å². The summed E-state index contributed by atoms with van der Waals surface area (Å²) in [6.07, 6.45) is 6.10. The molecule has 2 atom stereocenters. The van der Waals surface area contributed by atoms with Crippen molar-refractivity contribution in [1.82, 2.24) is 15.6 Å². The highest BCUT2D eigenvalue weighted by atomic mass is 79.9. The molecule has 6 nitrogen and oxygen atoms in total. The van der Waals surface area contributed by atoms with Gasteiger partial charge in [-0.3, -0.25) is 9.59 Å². The zero-order chi connectivity index (χ0) is 20.5. The molecule has 1 aromatic heterocycles. The molecule has 1 aromatic carbocycles. The van der Waals surface area contributed by atoms with Crippen LogP contribution >= 0.6 is 15.9 Å². The predicted molar refractivity (Wildman–Crippen MR) is 116 cm³/mol. The first-order valence-electron chi connectivity index (χ1n) is 9.45. The number of benzene rings is 1. The van der Waals surface area contributed by atoms with Crippen LogP contribution < -0.4 is 10.6 Å². The van der Waals surface area contributed by atoms with E-state index in [2.05, 4.69) is 36.5 Å². The second-order valence-corrected chi connectivity index (χ2v) is 8.34. The van der Waals surface area contributed by atoms with E-state index >= 15 is 0 Å². The van der Waals surface area contributed by atoms with Crippen LogP contribution in [0.3, 0.4) is 0 Å². The summed E-state index contributed by atoms with van der Waals surface area (Å²) in [6, 6.07) is 5.98. The molecule has 0 spiro atoms. The van der Waals surface area contributed by atoms with Crippen molar-refractivity contribution in [3.05, 3.63) is 40.6 Å². The van der Waals surface area contributed by atoms with Gasteiger partial charge in [0.2, 0.25) is 5.66 Å². The molecule has 0 saturated carbocycles. The average molecular weight is 445 g/mol. The lowest BCUT2D eigenvalue weighted by Gasteiger charge is -2.28. The summed E-state index contributed by atoms with van der Waals surface area (Å²) in [5.74, 6) is -0.774. The smallest absolute Gasteiger partial charge is 0.272 e. The van der Waals surface area contributed by atoms with Crippen molar-refractivity contribution in [2.24, 2.45) is 16.8 Å². The molecule has 28 heavy (non-hydrogen) atoms. The lowest BCUT2D eigenvalue weighted by molar-refractivity contribution is -0.131. The Kier molecular flexibility index (Phi) is 5.74. The van der Waals surface area contributed by atoms with Gasteiger partial charge in [0.05, 0.1) is 0 Å². The summed E-state index contributed by atoms with van der Waals surface area (Å²) < 4.78 is 0.997. The van der Waals surface area contributed by atoms with Gasteiger partial charge in [0.25, 0.3) is 11.8 Å². The number of nitrogens with zero attached hydrogens (tertiary/aromatic N) is 1. The van der Waals surface area contributed by atoms with E-state index in [0.29, 0.717) is 5.71 Å². The van der Waals surface area contributed by atoms with Gasteiger partial charge in [-0.1, -0.05) is 49.7 Å². The van der Waals surface area contributed by atoms with Crippen molar-refractivity contribution < 1.29 is 9.59 Å². The Labute approximate surface area is 173 Å². The van der Waals surface area contributed by atoms with Gasteiger partial charge in [-0.05, 0) is 24.6 Å². The second kappa shape index (κ2) is 7.91. The normalized spacial score (nSPS) is 20.6. The number of nitrogens with one attached hydrogen (secondary N) is 3. The number of amides is 2. The van der Waals surface area contributed by atoms with Gasteiger partial charge in [0.1, 0.15) is 5.71 Å². The monoisotopic (exact) mass is 444 g/mol. The van der Waals surface area contributed by atoms with Gasteiger partial charge >= 0.3 is 0 Å². The first-order chi connectivity index (χ1) is 13.3. The van der Waals surface area contributed by atoms with Crippen molar-refractivity contribution in [2.45, 2.75) is 39.8 Å². The van der Waals surface area contributed by atoms with E-state index in [9.17, 15) is 9.59 Å². The van der Waals surface area contributed by atoms with E-state index < -0.39 is 5.66 Å². The largest absolute Gasteiger partial charge is 0.361 e. The predicted octanol–water partition coefficient (Wildman–Crippen LogP) is 3.99. The Bertz CT molecular complexity index is 976. The van der Waals surface area contributed by atoms with Crippen molar-refractivity contribution in [1.29, 1.82) is 0 Å². The maximum atomic E-state index is 12.9. The molecule has 7 heteroatoms. The highest BCUT2D eigenvalue weighted by Gasteiger charge is 2.48. The molecule has 2 unspecified atom stereocenters. The number of carbonyl (C=O) groups excluding carboxylic acids is 2. The van der Waals surface area contributed by atoms with Gasteiger partial charge in [-0.25, -0.2) is 4.99 Å². The molecule has 3 rings (SSSR count). The fourth-order valence-corrected chi connectivity index (χ4v) is 3.61. The SMILES string of the molecule is CCC(C)C1=NC(C(=O)N/C=C\c2c[nH]c3cc(Br)ccc23)(C(C)C)NC1=O. The molecule has 0 fully saturated rings. The van der Waals surface area contributed by atoms with Gasteiger partial charge in [-0.15, -0.1) is 0 Å². The number of fused-ring (bicyclic) bond motifs is 1. The maximum absolute atomic E-state index is 12.9. The van der Waals surface area contributed by atoms with Crippen LogP contribution in [0, 0.1) is 11.8 Å². The first-order valence-corrected chi connectivity index (χ1v) is 10.2. The summed E-state index contributed by atoms with van der Waals surface area (Å²) >= 11 is 3.45. The van der Waals surface area contributed by atoms with Crippen LogP contribution in [0.25, 0.3) is 17.0 Å². The van der Waals surface area contributed by atoms with Gasteiger partial charge < -0.3 is 15.6 Å². The summed E-state index contributed by atoms with van der Waals surface area (Å²) in [6.45, 7) is 7.70. The van der Waals surface area contributed by atoms with Crippen molar-refractivity contribution in [3.8, 4) is 0 Å². The molecule has 0 aliphatic carbocycles. The molecule has 0 radical (unpaired) electrons. The van der Waals surface area contributed by atoms with Crippen LogP contribution in [0.1, 0.15) is 39.7 Å². The third-order valence-electron chi connectivity index (χ3n) is 5.25. The minimum Gasteiger partial charge on any atom is -0.361 e. The fraction of sp³-hybridized carbons (Fsp3) is 0.381. The fourth-order valence-electron chi connectivity index (χ4n) is 3.25. The molecule has 0 bridgehead atoms. The lowest BCUT2D eigenvalue weighted by Crippen LogP contribution is -2.57. The number of aliphatic imine (C=N–C) groups is 1. The van der Waals surface area contributed by atoms with Crippen LogP contribution in [0.2, 0.25) is 0 Å². The molecular weight excluding hydrogens is 420 g/mol. The van der Waals surface area contributed by atoms with Crippen LogP contribution in [-0.4, -0.2) is 28.2 Å². The second-order valence-electron chi connectivity index (χ2n) is 7.42. The van der Waals surface area contributed by atoms with Crippen molar-refractivity contribution in [3.63, 3.8) is 0 Å². The van der Waals surface area contributed by atoms with Gasteiger partial charge in [0, 0.05) is 45.2 Å². The van der Waals surface area contributed by atoms with Crippen LogP contribution in [-0.2, 0) is 9.59 Å². The topological polar surface area (TPSA) is 86.3 Å². The number of aromatic amines is 1. The number of rotatable bonds is 6. The summed E-state index contributed by atoms with van der Waals surface area (Å²) in [7, 11) is 0. The molecule has 3 N–H and O–H groups in total. The molecule has 148 valence electrons. The van der Waals surface area contributed by atoms with E-state index in [1.165, 1.54) is 0 Å². The van der Waals surface area contributed by atoms with Crippen LogP contribution in [0.5, 0.6) is 0 Å². The van der Waals surface area contributed by atoms with Crippen molar-refractivity contribution >= 4 is 50.4 Å². The Morgan fingerprint density at radius 2 is 2.11 bits per heavy atom. The summed E-state index contributed by atoms with van der Waals surface area (Å²) in [5, 5.41) is 6.66. The number of halogens is 1. The number of aromatic nitrogens is 1. The number of hydrogen-bond acceptors (Lipinski definition) is 3. The van der Waals surface area contributed by atoms with E-state index in [1.54, 1.807) is 6.20 Å². The summed E-state index contributed by atoms with van der Waals surface area (Å²) in [4.78, 5) is 33.1. The molecule has 1 aliphatic rings. The molecule has 2 aromatic rings. The molecular formula is C21H25BrN4O2. The highest BCUT2D eigenvalue weighted by Crippen LogP contribution is 2.27. The standard InChI is InChI=1S/C21H25BrN4O2/c1-5-13(4)18-19(27)26-21(25-18,12(2)3)20(28)23-9-8-14-11-24-17-10-15(22)6-7-16(14)17/h6-13,24H,5H2,1-4H3,(H,23,28)(H,26,27)/b9-8-. The van der Waals surface area contributed by atoms with Gasteiger partial charge in [0.15, 0.2) is 0 Å². The number of H-pyrrole nitrogens is 1. The quantitative estimate of drug-likeness (QED) is 0.628. The molecule has 1 aliphatic heterocycles. The Balaban J connectivity index is 1.81. The van der Waals surface area contributed by atoms with Crippen molar-refractivity contribution in [2.75, 3.05) is 0 Å². The molecule has 0 saturated heterocycles. The Morgan fingerprint density at radius 1 is 1.36 bits per heavy atom. The third-order valence-corrected chi connectivity index (χ3v) is 5.74.